The molecule has 6 aromatic rings. The van der Waals surface area contributed by atoms with E-state index in [-0.39, 0.29) is 23.3 Å². The molecule has 0 aliphatic heterocycles. The van der Waals surface area contributed by atoms with Crippen LogP contribution in [0.3, 0.4) is 0 Å². The van der Waals surface area contributed by atoms with E-state index in [1.165, 1.54) is 4.52 Å². The third-order valence-electron chi connectivity index (χ3n) is 6.60. The molecule has 9 heteroatoms. The van der Waals surface area contributed by atoms with Gasteiger partial charge in [0, 0.05) is 53.3 Å². The van der Waals surface area contributed by atoms with Crippen molar-refractivity contribution in [2.75, 3.05) is 5.73 Å². The van der Waals surface area contributed by atoms with E-state index in [9.17, 15) is 4.79 Å². The highest BCUT2D eigenvalue weighted by Crippen LogP contribution is 2.32. The van der Waals surface area contributed by atoms with Gasteiger partial charge in [0.15, 0.2) is 11.5 Å². The topological polar surface area (TPSA) is 116 Å². The maximum atomic E-state index is 13.4. The van der Waals surface area contributed by atoms with E-state index in [0.29, 0.717) is 5.65 Å². The standard InChI is InChI=1S/C30H26N8O/c1-19(34-30(39)25-28(31)36-38-15-7-14-32-29(25)38)24-16-23-11-6-10-22(13-12-20-17-33-37(2)18-20)26(23)35-27(24)21-8-4-3-5-9-21/h3-19H,1-2H3,(H2,31,36)(H,34,39)/b13-12+/t19-/m0/s1. The molecule has 0 unspecified atom stereocenters. The molecule has 3 N–H and O–H groups in total. The Morgan fingerprint density at radius 1 is 1.08 bits per heavy atom. The highest BCUT2D eigenvalue weighted by Gasteiger charge is 2.23. The van der Waals surface area contributed by atoms with Gasteiger partial charge in [0.25, 0.3) is 5.91 Å². The van der Waals surface area contributed by atoms with Gasteiger partial charge in [-0.05, 0) is 19.1 Å². The number of nitrogen functional groups attached to an aromatic ring is 1. The summed E-state index contributed by atoms with van der Waals surface area (Å²) in [5.41, 5.74) is 12.3. The number of carbonyl (C=O) groups excluding carboxylic acids is 1. The second-order valence-electron chi connectivity index (χ2n) is 9.34. The Balaban J connectivity index is 1.42. The van der Waals surface area contributed by atoms with Crippen LogP contribution < -0.4 is 11.1 Å². The van der Waals surface area contributed by atoms with Crippen LogP contribution in [0.2, 0.25) is 0 Å². The van der Waals surface area contributed by atoms with E-state index >= 15 is 0 Å². The van der Waals surface area contributed by atoms with Crippen molar-refractivity contribution in [1.29, 1.82) is 0 Å². The molecule has 0 saturated heterocycles. The summed E-state index contributed by atoms with van der Waals surface area (Å²) < 4.78 is 3.27. The van der Waals surface area contributed by atoms with Crippen LogP contribution in [0.15, 0.2) is 85.5 Å². The van der Waals surface area contributed by atoms with Crippen LogP contribution in [-0.2, 0) is 7.05 Å². The van der Waals surface area contributed by atoms with Gasteiger partial charge in [-0.25, -0.2) is 14.5 Å². The number of nitrogens with one attached hydrogen (secondary N) is 1. The lowest BCUT2D eigenvalue weighted by atomic mass is 9.97. The van der Waals surface area contributed by atoms with Gasteiger partial charge in [0.05, 0.1) is 23.4 Å². The number of rotatable bonds is 6. The Morgan fingerprint density at radius 2 is 1.92 bits per heavy atom. The number of anilines is 1. The number of nitrogens with zero attached hydrogens (tertiary/aromatic N) is 6. The number of amides is 1. The third kappa shape index (κ3) is 4.61. The number of carbonyl (C=O) groups is 1. The predicted octanol–water partition coefficient (Wildman–Crippen LogP) is 4.92. The van der Waals surface area contributed by atoms with Gasteiger partial charge in [-0.15, -0.1) is 5.10 Å². The van der Waals surface area contributed by atoms with Crippen molar-refractivity contribution in [3.8, 4) is 11.3 Å². The fraction of sp³-hybridized carbons (Fsp3) is 0.100. The zero-order chi connectivity index (χ0) is 26.9. The second kappa shape index (κ2) is 9.86. The summed E-state index contributed by atoms with van der Waals surface area (Å²) in [5.74, 6) is -0.218. The molecule has 0 fully saturated rings. The van der Waals surface area contributed by atoms with E-state index in [1.807, 2.05) is 87.0 Å². The van der Waals surface area contributed by atoms with Crippen molar-refractivity contribution in [1.82, 2.24) is 34.7 Å². The number of benzene rings is 2. The highest BCUT2D eigenvalue weighted by molar-refractivity contribution is 6.04. The van der Waals surface area contributed by atoms with Crippen molar-refractivity contribution in [3.05, 3.63) is 108 Å². The van der Waals surface area contributed by atoms with E-state index < -0.39 is 0 Å². The average molecular weight is 515 g/mol. The molecular formula is C30H26N8O. The lowest BCUT2D eigenvalue weighted by molar-refractivity contribution is 0.0942. The molecule has 4 heterocycles. The van der Waals surface area contributed by atoms with Gasteiger partial charge in [-0.1, -0.05) is 60.7 Å². The second-order valence-corrected chi connectivity index (χ2v) is 9.34. The van der Waals surface area contributed by atoms with Crippen molar-refractivity contribution >= 4 is 40.4 Å². The third-order valence-corrected chi connectivity index (χ3v) is 6.60. The summed E-state index contributed by atoms with van der Waals surface area (Å²) in [6, 6.07) is 19.5. The first-order valence-corrected chi connectivity index (χ1v) is 12.5. The first kappa shape index (κ1) is 24.1. The summed E-state index contributed by atoms with van der Waals surface area (Å²) >= 11 is 0. The van der Waals surface area contributed by atoms with E-state index in [0.717, 1.165) is 38.9 Å². The highest BCUT2D eigenvalue weighted by atomic mass is 16.1. The molecule has 6 rings (SSSR count). The summed E-state index contributed by atoms with van der Waals surface area (Å²) in [5, 5.41) is 12.5. The van der Waals surface area contributed by atoms with Crippen LogP contribution in [0.4, 0.5) is 5.82 Å². The molecule has 0 aliphatic rings. The molecule has 0 bridgehead atoms. The maximum absolute atomic E-state index is 13.4. The monoisotopic (exact) mass is 514 g/mol. The fourth-order valence-electron chi connectivity index (χ4n) is 4.71. The number of para-hydroxylation sites is 1. The summed E-state index contributed by atoms with van der Waals surface area (Å²) in [7, 11) is 1.89. The summed E-state index contributed by atoms with van der Waals surface area (Å²) in [4.78, 5) is 22.8. The first-order chi connectivity index (χ1) is 19.0. The van der Waals surface area contributed by atoms with Gasteiger partial charge in [0.1, 0.15) is 5.56 Å². The van der Waals surface area contributed by atoms with Gasteiger partial charge >= 0.3 is 0 Å². The van der Waals surface area contributed by atoms with Crippen LogP contribution in [0.25, 0.3) is 40.0 Å². The number of aryl methyl sites for hydroxylation is 1. The Kier molecular flexibility index (Phi) is 6.08. The van der Waals surface area contributed by atoms with Crippen LogP contribution in [-0.4, -0.2) is 35.3 Å². The Morgan fingerprint density at radius 3 is 2.72 bits per heavy atom. The zero-order valence-corrected chi connectivity index (χ0v) is 21.5. The van der Waals surface area contributed by atoms with Crippen molar-refractivity contribution < 1.29 is 4.79 Å². The van der Waals surface area contributed by atoms with E-state index in [2.05, 4.69) is 26.6 Å². The Hall–Kier alpha value is -5.31. The largest absolute Gasteiger partial charge is 0.381 e. The number of aromatic nitrogens is 6. The smallest absolute Gasteiger partial charge is 0.259 e. The number of hydrogen-bond donors (Lipinski definition) is 2. The van der Waals surface area contributed by atoms with Crippen LogP contribution in [0, 0.1) is 0 Å². The lowest BCUT2D eigenvalue weighted by Gasteiger charge is -2.19. The SMILES string of the molecule is C[C@H](NC(=O)c1c(N)nn2cccnc12)c1cc2cccc(/C=C/c3cnn(C)c3)c2nc1-c1ccccc1. The van der Waals surface area contributed by atoms with Crippen molar-refractivity contribution in [2.45, 2.75) is 13.0 Å². The molecule has 192 valence electrons. The van der Waals surface area contributed by atoms with Crippen LogP contribution in [0.1, 0.15) is 40.0 Å². The minimum atomic E-state index is -0.378. The molecule has 0 saturated carbocycles. The predicted molar refractivity (Wildman–Crippen MR) is 153 cm³/mol. The van der Waals surface area contributed by atoms with Gasteiger partial charge in [-0.3, -0.25) is 9.48 Å². The van der Waals surface area contributed by atoms with Crippen LogP contribution in [0.5, 0.6) is 0 Å². The quantitative estimate of drug-likeness (QED) is 0.326. The minimum Gasteiger partial charge on any atom is -0.381 e. The molecule has 9 nitrogen and oxygen atoms in total. The first-order valence-electron chi connectivity index (χ1n) is 12.5. The maximum Gasteiger partial charge on any atom is 0.259 e. The molecule has 0 aliphatic carbocycles. The van der Waals surface area contributed by atoms with E-state index in [4.69, 9.17) is 10.7 Å². The lowest BCUT2D eigenvalue weighted by Crippen LogP contribution is -2.28. The minimum absolute atomic E-state index is 0.128. The Labute approximate surface area is 224 Å². The number of nitrogens with two attached hydrogens (primary N) is 1. The molecule has 4 aromatic heterocycles. The number of pyridine rings is 1. The van der Waals surface area contributed by atoms with Crippen LogP contribution >= 0.6 is 0 Å². The van der Waals surface area contributed by atoms with Crippen molar-refractivity contribution in [3.63, 3.8) is 0 Å². The van der Waals surface area contributed by atoms with Gasteiger partial charge in [0.2, 0.25) is 0 Å². The molecular weight excluding hydrogens is 488 g/mol. The molecule has 1 atom stereocenters. The molecule has 2 aromatic carbocycles. The van der Waals surface area contributed by atoms with Gasteiger partial charge in [-0.2, -0.15) is 5.10 Å². The van der Waals surface area contributed by atoms with E-state index in [1.54, 1.807) is 23.1 Å². The fourth-order valence-corrected chi connectivity index (χ4v) is 4.71. The van der Waals surface area contributed by atoms with Crippen molar-refractivity contribution in [2.24, 2.45) is 7.05 Å². The number of hydrogen-bond acceptors (Lipinski definition) is 6. The molecule has 0 spiro atoms. The molecule has 0 radical (unpaired) electrons. The van der Waals surface area contributed by atoms with Gasteiger partial charge < -0.3 is 11.1 Å². The normalized spacial score (nSPS) is 12.4. The zero-order valence-electron chi connectivity index (χ0n) is 21.5. The Bertz CT molecular complexity index is 1850. The molecule has 1 amide bonds. The average Bonchev–Trinajstić information content (AvgIpc) is 3.52. The summed E-state index contributed by atoms with van der Waals surface area (Å²) in [6.07, 6.45) is 11.2. The summed E-state index contributed by atoms with van der Waals surface area (Å²) in [6.45, 7) is 1.94. The number of fused-ring (bicyclic) bond motifs is 2. The molecule has 39 heavy (non-hydrogen) atoms.